The van der Waals surface area contributed by atoms with Crippen LogP contribution in [0.2, 0.25) is 0 Å². The van der Waals surface area contributed by atoms with Crippen molar-refractivity contribution in [2.75, 3.05) is 11.9 Å². The Morgan fingerprint density at radius 1 is 1.40 bits per heavy atom. The number of carbonyl (C=O) groups excluding carboxylic acids is 1. The summed E-state index contributed by atoms with van der Waals surface area (Å²) >= 11 is 0. The van der Waals surface area contributed by atoms with Gasteiger partial charge in [-0.05, 0) is 43.0 Å². The summed E-state index contributed by atoms with van der Waals surface area (Å²) < 4.78 is 12.8. The molecule has 5 heteroatoms. The molecular formula is C15H22FN3O. The van der Waals surface area contributed by atoms with Crippen molar-refractivity contribution < 1.29 is 9.18 Å². The summed E-state index contributed by atoms with van der Waals surface area (Å²) in [7, 11) is 0. The van der Waals surface area contributed by atoms with E-state index in [0.29, 0.717) is 18.2 Å². The smallest absolute Gasteiger partial charge is 0.319 e. The molecule has 20 heavy (non-hydrogen) atoms. The molecule has 1 aromatic rings. The van der Waals surface area contributed by atoms with Crippen molar-refractivity contribution >= 4 is 11.7 Å². The van der Waals surface area contributed by atoms with E-state index in [1.54, 1.807) is 0 Å². The Morgan fingerprint density at radius 2 is 2.10 bits per heavy atom. The van der Waals surface area contributed by atoms with Gasteiger partial charge < -0.3 is 16.4 Å². The maximum absolute atomic E-state index is 12.8. The number of nitrogens with one attached hydrogen (secondary N) is 2. The quantitative estimate of drug-likeness (QED) is 0.796. The van der Waals surface area contributed by atoms with Crippen LogP contribution in [-0.2, 0) is 0 Å². The second-order valence-electron chi connectivity index (χ2n) is 5.59. The number of halogens is 1. The van der Waals surface area contributed by atoms with Crippen LogP contribution in [0.3, 0.4) is 0 Å². The van der Waals surface area contributed by atoms with Crippen molar-refractivity contribution in [1.82, 2.24) is 5.32 Å². The van der Waals surface area contributed by atoms with E-state index in [-0.39, 0.29) is 17.4 Å². The normalized spacial score (nSPS) is 26.1. The summed E-state index contributed by atoms with van der Waals surface area (Å²) in [6.45, 7) is 2.56. The van der Waals surface area contributed by atoms with Crippen LogP contribution in [0.25, 0.3) is 0 Å². The molecule has 0 bridgehead atoms. The molecule has 0 aromatic heterocycles. The topological polar surface area (TPSA) is 67.1 Å². The van der Waals surface area contributed by atoms with Gasteiger partial charge >= 0.3 is 6.03 Å². The molecule has 0 aliphatic heterocycles. The van der Waals surface area contributed by atoms with E-state index in [0.717, 1.165) is 19.3 Å². The average molecular weight is 279 g/mol. The molecule has 0 heterocycles. The Kier molecular flexibility index (Phi) is 4.60. The monoisotopic (exact) mass is 279 g/mol. The number of nitrogens with two attached hydrogens (primary N) is 1. The maximum atomic E-state index is 12.8. The third-order valence-corrected chi connectivity index (χ3v) is 4.28. The second-order valence-corrected chi connectivity index (χ2v) is 5.59. The van der Waals surface area contributed by atoms with Gasteiger partial charge in [0.05, 0.1) is 5.54 Å². The van der Waals surface area contributed by atoms with E-state index in [4.69, 9.17) is 5.73 Å². The number of urea groups is 1. The zero-order chi connectivity index (χ0) is 14.6. The Hall–Kier alpha value is -1.62. The van der Waals surface area contributed by atoms with Gasteiger partial charge in [0.2, 0.25) is 0 Å². The molecule has 1 saturated carbocycles. The molecule has 2 atom stereocenters. The summed E-state index contributed by atoms with van der Waals surface area (Å²) in [6.07, 6.45) is 4.25. The summed E-state index contributed by atoms with van der Waals surface area (Å²) in [5.41, 5.74) is 6.14. The number of benzene rings is 1. The first-order chi connectivity index (χ1) is 9.55. The van der Waals surface area contributed by atoms with Crippen molar-refractivity contribution in [2.45, 2.75) is 38.1 Å². The lowest BCUT2D eigenvalue weighted by molar-refractivity contribution is 0.166. The first-order valence-electron chi connectivity index (χ1n) is 7.10. The third kappa shape index (κ3) is 3.28. The lowest BCUT2D eigenvalue weighted by Crippen LogP contribution is -2.60. The van der Waals surface area contributed by atoms with Gasteiger partial charge in [-0.25, -0.2) is 9.18 Å². The van der Waals surface area contributed by atoms with Crippen LogP contribution in [-0.4, -0.2) is 18.1 Å². The Balaban J connectivity index is 2.00. The highest BCUT2D eigenvalue weighted by Crippen LogP contribution is 2.32. The fourth-order valence-corrected chi connectivity index (χ4v) is 2.88. The molecule has 1 fully saturated rings. The van der Waals surface area contributed by atoms with Gasteiger partial charge in [0, 0.05) is 12.2 Å². The number of anilines is 1. The van der Waals surface area contributed by atoms with E-state index in [1.165, 1.54) is 30.7 Å². The van der Waals surface area contributed by atoms with Gasteiger partial charge in [0.15, 0.2) is 0 Å². The minimum atomic E-state index is -0.331. The van der Waals surface area contributed by atoms with E-state index in [9.17, 15) is 9.18 Å². The van der Waals surface area contributed by atoms with E-state index in [1.807, 2.05) is 0 Å². The van der Waals surface area contributed by atoms with Crippen LogP contribution in [0.1, 0.15) is 32.6 Å². The van der Waals surface area contributed by atoms with E-state index in [2.05, 4.69) is 17.6 Å². The fraction of sp³-hybridized carbons (Fsp3) is 0.533. The Labute approximate surface area is 118 Å². The van der Waals surface area contributed by atoms with E-state index < -0.39 is 0 Å². The first kappa shape index (κ1) is 14.8. The molecule has 4 nitrogen and oxygen atoms in total. The van der Waals surface area contributed by atoms with Gasteiger partial charge in [0.1, 0.15) is 5.82 Å². The Bertz CT molecular complexity index is 463. The van der Waals surface area contributed by atoms with Crippen LogP contribution in [0.4, 0.5) is 14.9 Å². The van der Waals surface area contributed by atoms with E-state index >= 15 is 0 Å². The molecule has 1 aliphatic rings. The van der Waals surface area contributed by atoms with Gasteiger partial charge in [-0.1, -0.05) is 19.8 Å². The van der Waals surface area contributed by atoms with Crippen molar-refractivity contribution in [1.29, 1.82) is 0 Å². The predicted octanol–water partition coefficient (Wildman–Crippen LogP) is 2.85. The van der Waals surface area contributed by atoms with Crippen molar-refractivity contribution in [3.63, 3.8) is 0 Å². The number of amides is 2. The molecule has 2 amide bonds. The lowest BCUT2D eigenvalue weighted by Gasteiger charge is -2.42. The van der Waals surface area contributed by atoms with Crippen LogP contribution in [0, 0.1) is 11.7 Å². The van der Waals surface area contributed by atoms with Crippen LogP contribution >= 0.6 is 0 Å². The lowest BCUT2D eigenvalue weighted by atomic mass is 9.73. The molecule has 0 radical (unpaired) electrons. The molecule has 0 saturated heterocycles. The molecule has 2 unspecified atom stereocenters. The molecule has 4 N–H and O–H groups in total. The highest BCUT2D eigenvalue weighted by molar-refractivity contribution is 5.89. The third-order valence-electron chi connectivity index (χ3n) is 4.28. The van der Waals surface area contributed by atoms with Crippen LogP contribution in [0.5, 0.6) is 0 Å². The molecule has 110 valence electrons. The number of hydrogen-bond acceptors (Lipinski definition) is 2. The predicted molar refractivity (Wildman–Crippen MR) is 78.0 cm³/mol. The Morgan fingerprint density at radius 3 is 2.70 bits per heavy atom. The minimum absolute atomic E-state index is 0.282. The largest absolute Gasteiger partial charge is 0.331 e. The molecule has 2 rings (SSSR count). The zero-order valence-electron chi connectivity index (χ0n) is 11.8. The van der Waals surface area contributed by atoms with Crippen LogP contribution in [0.15, 0.2) is 24.3 Å². The minimum Gasteiger partial charge on any atom is -0.331 e. The van der Waals surface area contributed by atoms with Gasteiger partial charge in [-0.3, -0.25) is 0 Å². The van der Waals surface area contributed by atoms with Gasteiger partial charge in [-0.15, -0.1) is 0 Å². The zero-order valence-corrected chi connectivity index (χ0v) is 11.8. The van der Waals surface area contributed by atoms with Crippen molar-refractivity contribution in [2.24, 2.45) is 11.7 Å². The molecule has 1 aromatic carbocycles. The summed E-state index contributed by atoms with van der Waals surface area (Å²) in [5.74, 6) is 0.0375. The van der Waals surface area contributed by atoms with Gasteiger partial charge in [-0.2, -0.15) is 0 Å². The fourth-order valence-electron chi connectivity index (χ4n) is 2.88. The van der Waals surface area contributed by atoms with Crippen molar-refractivity contribution in [3.8, 4) is 0 Å². The molecule has 0 spiro atoms. The number of rotatable bonds is 3. The van der Waals surface area contributed by atoms with Gasteiger partial charge in [0.25, 0.3) is 0 Å². The summed E-state index contributed by atoms with van der Waals surface area (Å²) in [5, 5.41) is 5.75. The highest BCUT2D eigenvalue weighted by atomic mass is 19.1. The van der Waals surface area contributed by atoms with Crippen molar-refractivity contribution in [3.05, 3.63) is 30.1 Å². The summed E-state index contributed by atoms with van der Waals surface area (Å²) in [4.78, 5) is 12.1. The number of hydrogen-bond donors (Lipinski definition) is 3. The molecular weight excluding hydrogens is 257 g/mol. The second kappa shape index (κ2) is 6.22. The first-order valence-corrected chi connectivity index (χ1v) is 7.10. The maximum Gasteiger partial charge on any atom is 0.319 e. The SMILES string of the molecule is CC1CCCCC1(CN)NC(=O)Nc1ccc(F)cc1. The van der Waals surface area contributed by atoms with Crippen LogP contribution < -0.4 is 16.4 Å². The standard InChI is InChI=1S/C15H22FN3O/c1-11-4-2-3-9-15(11,10-17)19-14(20)18-13-7-5-12(16)6-8-13/h5-8,11H,2-4,9-10,17H2,1H3,(H2,18,19,20). The summed E-state index contributed by atoms with van der Waals surface area (Å²) in [6, 6.07) is 5.42. The highest BCUT2D eigenvalue weighted by Gasteiger charge is 2.38. The number of carbonyl (C=O) groups is 1. The average Bonchev–Trinajstić information content (AvgIpc) is 2.44. The molecule has 1 aliphatic carbocycles.